The summed E-state index contributed by atoms with van der Waals surface area (Å²) in [6.07, 6.45) is 1.67. The van der Waals surface area contributed by atoms with Crippen molar-refractivity contribution in [1.29, 1.82) is 0 Å². The van der Waals surface area contributed by atoms with Crippen LogP contribution in [0.2, 0.25) is 0 Å². The molecular formula is C24H20N2O5. The minimum absolute atomic E-state index is 0.0236. The molecule has 1 amide bonds. The van der Waals surface area contributed by atoms with Gasteiger partial charge in [0.2, 0.25) is 0 Å². The van der Waals surface area contributed by atoms with Crippen LogP contribution in [0, 0.1) is 10.1 Å². The number of ether oxygens (including phenoxy) is 1. The second kappa shape index (κ2) is 9.98. The van der Waals surface area contributed by atoms with Crippen molar-refractivity contribution in [2.24, 2.45) is 0 Å². The van der Waals surface area contributed by atoms with Crippen molar-refractivity contribution in [2.45, 2.75) is 6.92 Å². The summed E-state index contributed by atoms with van der Waals surface area (Å²) in [6.45, 7) is 2.01. The van der Waals surface area contributed by atoms with Gasteiger partial charge in [-0.2, -0.15) is 0 Å². The van der Waals surface area contributed by atoms with E-state index < -0.39 is 10.9 Å². The number of nitro groups is 1. The summed E-state index contributed by atoms with van der Waals surface area (Å²) in [4.78, 5) is 35.2. The van der Waals surface area contributed by atoms with Gasteiger partial charge in [0.15, 0.2) is 0 Å². The smallest absolute Gasteiger partial charge is 0.338 e. The van der Waals surface area contributed by atoms with E-state index >= 15 is 0 Å². The first-order valence-corrected chi connectivity index (χ1v) is 9.58. The van der Waals surface area contributed by atoms with Crippen LogP contribution in [0.25, 0.3) is 11.6 Å². The first-order valence-electron chi connectivity index (χ1n) is 9.58. The van der Waals surface area contributed by atoms with Crippen LogP contribution in [0.1, 0.15) is 28.4 Å². The van der Waals surface area contributed by atoms with Gasteiger partial charge in [0.05, 0.1) is 17.1 Å². The van der Waals surface area contributed by atoms with E-state index in [1.165, 1.54) is 12.1 Å². The molecule has 3 aromatic rings. The number of amides is 1. The largest absolute Gasteiger partial charge is 0.462 e. The highest BCUT2D eigenvalue weighted by Crippen LogP contribution is 2.22. The number of hydrogen-bond acceptors (Lipinski definition) is 5. The van der Waals surface area contributed by atoms with E-state index in [4.69, 9.17) is 4.74 Å². The number of hydrogen-bond donors (Lipinski definition) is 1. The summed E-state index contributed by atoms with van der Waals surface area (Å²) in [5.74, 6) is -0.781. The van der Waals surface area contributed by atoms with Crippen LogP contribution in [0.3, 0.4) is 0 Å². The van der Waals surface area contributed by atoms with Crippen LogP contribution in [-0.2, 0) is 9.53 Å². The third-order valence-electron chi connectivity index (χ3n) is 4.40. The van der Waals surface area contributed by atoms with Crippen LogP contribution in [0.15, 0.2) is 78.9 Å². The molecule has 31 heavy (non-hydrogen) atoms. The predicted molar refractivity (Wildman–Crippen MR) is 118 cm³/mol. The van der Waals surface area contributed by atoms with Crippen LogP contribution in [-0.4, -0.2) is 23.4 Å². The molecule has 0 aliphatic heterocycles. The van der Waals surface area contributed by atoms with Gasteiger partial charge < -0.3 is 10.1 Å². The Labute approximate surface area is 179 Å². The highest BCUT2D eigenvalue weighted by atomic mass is 16.6. The zero-order chi connectivity index (χ0) is 22.2. The van der Waals surface area contributed by atoms with Crippen molar-refractivity contribution < 1.29 is 19.2 Å². The fraction of sp³-hybridized carbons (Fsp3) is 0.0833. The van der Waals surface area contributed by atoms with Crippen LogP contribution in [0.5, 0.6) is 0 Å². The van der Waals surface area contributed by atoms with Crippen molar-refractivity contribution in [1.82, 2.24) is 0 Å². The fourth-order valence-electron chi connectivity index (χ4n) is 2.86. The second-order valence-electron chi connectivity index (χ2n) is 6.52. The highest BCUT2D eigenvalue weighted by Gasteiger charge is 2.14. The number of non-ortho nitro benzene ring substituents is 1. The number of rotatable bonds is 7. The van der Waals surface area contributed by atoms with Gasteiger partial charge in [0.1, 0.15) is 0 Å². The Morgan fingerprint density at radius 3 is 2.16 bits per heavy atom. The van der Waals surface area contributed by atoms with E-state index in [9.17, 15) is 19.7 Å². The lowest BCUT2D eigenvalue weighted by molar-refractivity contribution is -0.384. The van der Waals surface area contributed by atoms with Gasteiger partial charge in [-0.1, -0.05) is 30.3 Å². The predicted octanol–water partition coefficient (Wildman–Crippen LogP) is 4.95. The Balaban J connectivity index is 1.86. The number of anilines is 1. The minimum atomic E-state index is -0.474. The van der Waals surface area contributed by atoms with E-state index in [1.54, 1.807) is 61.5 Å². The summed E-state index contributed by atoms with van der Waals surface area (Å²) in [7, 11) is 0. The standard InChI is InChI=1S/C24H20N2O5/c1-2-31-24(28)19-10-12-20(13-11-19)25-23(27)22(18-6-4-3-5-7-18)16-17-8-14-21(15-9-17)26(29)30/h3-16H,2H2,1H3,(H,25,27)/b22-16+. The van der Waals surface area contributed by atoms with E-state index in [2.05, 4.69) is 5.32 Å². The molecule has 0 fully saturated rings. The topological polar surface area (TPSA) is 98.5 Å². The maximum atomic E-state index is 13.0. The van der Waals surface area contributed by atoms with E-state index in [-0.39, 0.29) is 18.2 Å². The zero-order valence-electron chi connectivity index (χ0n) is 16.8. The number of carbonyl (C=O) groups is 2. The van der Waals surface area contributed by atoms with Crippen LogP contribution >= 0.6 is 0 Å². The molecule has 0 heterocycles. The third kappa shape index (κ3) is 5.63. The quantitative estimate of drug-likeness (QED) is 0.193. The van der Waals surface area contributed by atoms with Crippen LogP contribution in [0.4, 0.5) is 11.4 Å². The normalized spacial score (nSPS) is 10.9. The minimum Gasteiger partial charge on any atom is -0.462 e. The molecule has 7 heteroatoms. The molecule has 3 rings (SSSR count). The number of nitro benzene ring substituents is 1. The van der Waals surface area contributed by atoms with Gasteiger partial charge in [-0.15, -0.1) is 0 Å². The fourth-order valence-corrected chi connectivity index (χ4v) is 2.86. The average molecular weight is 416 g/mol. The van der Waals surface area contributed by atoms with Crippen molar-refractivity contribution in [2.75, 3.05) is 11.9 Å². The molecule has 0 aliphatic rings. The Morgan fingerprint density at radius 2 is 1.58 bits per heavy atom. The van der Waals surface area contributed by atoms with E-state index in [1.807, 2.05) is 18.2 Å². The molecule has 1 N–H and O–H groups in total. The van der Waals surface area contributed by atoms with Crippen molar-refractivity contribution in [3.8, 4) is 0 Å². The van der Waals surface area contributed by atoms with Crippen molar-refractivity contribution >= 4 is 34.9 Å². The number of nitrogens with one attached hydrogen (secondary N) is 1. The van der Waals surface area contributed by atoms with Gasteiger partial charge in [-0.25, -0.2) is 4.79 Å². The number of esters is 1. The molecule has 0 saturated heterocycles. The molecule has 0 saturated carbocycles. The maximum absolute atomic E-state index is 13.0. The first-order chi connectivity index (χ1) is 15.0. The highest BCUT2D eigenvalue weighted by molar-refractivity contribution is 6.29. The third-order valence-corrected chi connectivity index (χ3v) is 4.40. The SMILES string of the molecule is CCOC(=O)c1ccc(NC(=O)/C(=C/c2ccc([N+](=O)[O-])cc2)c2ccccc2)cc1. The summed E-state index contributed by atoms with van der Waals surface area (Å²) in [6, 6.07) is 21.5. The van der Waals surface area contributed by atoms with Gasteiger partial charge in [0, 0.05) is 23.4 Å². The van der Waals surface area contributed by atoms with Gasteiger partial charge >= 0.3 is 5.97 Å². The van der Waals surface area contributed by atoms with Crippen LogP contribution < -0.4 is 5.32 Å². The van der Waals surface area contributed by atoms with Gasteiger partial charge in [-0.3, -0.25) is 14.9 Å². The molecule has 7 nitrogen and oxygen atoms in total. The molecule has 0 spiro atoms. The molecule has 156 valence electrons. The summed E-state index contributed by atoms with van der Waals surface area (Å²) >= 11 is 0. The Morgan fingerprint density at radius 1 is 0.935 bits per heavy atom. The maximum Gasteiger partial charge on any atom is 0.338 e. The lowest BCUT2D eigenvalue weighted by atomic mass is 10.0. The first kappa shape index (κ1) is 21.4. The molecular weight excluding hydrogens is 396 g/mol. The van der Waals surface area contributed by atoms with Gasteiger partial charge in [-0.05, 0) is 60.5 Å². The summed E-state index contributed by atoms with van der Waals surface area (Å²) in [5.41, 5.74) is 2.63. The average Bonchev–Trinajstić information content (AvgIpc) is 2.79. The van der Waals surface area contributed by atoms with E-state index in [0.717, 1.165) is 0 Å². The molecule has 0 radical (unpaired) electrons. The molecule has 0 aromatic heterocycles. The zero-order valence-corrected chi connectivity index (χ0v) is 16.8. The second-order valence-corrected chi connectivity index (χ2v) is 6.52. The Hall–Kier alpha value is -4.26. The number of carbonyl (C=O) groups excluding carboxylic acids is 2. The number of benzene rings is 3. The lowest BCUT2D eigenvalue weighted by Gasteiger charge is -2.10. The monoisotopic (exact) mass is 416 g/mol. The summed E-state index contributed by atoms with van der Waals surface area (Å²) < 4.78 is 4.96. The van der Waals surface area contributed by atoms with Gasteiger partial charge in [0.25, 0.3) is 11.6 Å². The summed E-state index contributed by atoms with van der Waals surface area (Å²) in [5, 5.41) is 13.7. The Bertz CT molecular complexity index is 1100. The lowest BCUT2D eigenvalue weighted by Crippen LogP contribution is -2.14. The van der Waals surface area contributed by atoms with Crippen molar-refractivity contribution in [3.63, 3.8) is 0 Å². The molecule has 0 atom stereocenters. The molecule has 0 unspecified atom stereocenters. The number of nitrogens with zero attached hydrogens (tertiary/aromatic N) is 1. The molecule has 3 aromatic carbocycles. The molecule has 0 bridgehead atoms. The molecule has 0 aliphatic carbocycles. The Kier molecular flexibility index (Phi) is 6.90. The van der Waals surface area contributed by atoms with Crippen molar-refractivity contribution in [3.05, 3.63) is 106 Å². The van der Waals surface area contributed by atoms with E-state index in [0.29, 0.717) is 28.0 Å².